The summed E-state index contributed by atoms with van der Waals surface area (Å²) in [4.78, 5) is 36.1. The number of amidine groups is 1. The molecular weight excluding hydrogens is 480 g/mol. The first kappa shape index (κ1) is 24.3. The maximum Gasteiger partial charge on any atom is 0.338 e. The summed E-state index contributed by atoms with van der Waals surface area (Å²) in [5, 5.41) is 16.0. The van der Waals surface area contributed by atoms with E-state index in [1.54, 1.807) is 24.1 Å². The molecule has 2 aliphatic rings. The minimum absolute atomic E-state index is 0.0739. The largest absolute Gasteiger partial charge is 0.480 e. The minimum Gasteiger partial charge on any atom is -0.480 e. The van der Waals surface area contributed by atoms with E-state index in [9.17, 15) is 14.7 Å². The number of halogens is 1. The lowest BCUT2D eigenvalue weighted by Gasteiger charge is -2.35. The number of thiazole rings is 1. The summed E-state index contributed by atoms with van der Waals surface area (Å²) in [7, 11) is 0. The van der Waals surface area contributed by atoms with Crippen molar-refractivity contribution >= 4 is 40.7 Å². The van der Waals surface area contributed by atoms with E-state index in [-0.39, 0.29) is 19.8 Å². The topological polar surface area (TPSA) is 113 Å². The number of nitrogens with zero attached hydrogens (tertiary/aromatic N) is 3. The maximum absolute atomic E-state index is 13.2. The van der Waals surface area contributed by atoms with E-state index < -0.39 is 24.0 Å². The number of aryl methyl sites for hydroxylation is 1. The highest BCUT2D eigenvalue weighted by Gasteiger charge is 2.37. The van der Waals surface area contributed by atoms with E-state index in [1.807, 2.05) is 24.4 Å². The van der Waals surface area contributed by atoms with Gasteiger partial charge in [-0.3, -0.25) is 14.7 Å². The molecule has 0 aliphatic carbocycles. The van der Waals surface area contributed by atoms with Crippen LogP contribution in [0, 0.1) is 6.92 Å². The summed E-state index contributed by atoms with van der Waals surface area (Å²) in [5.74, 6) is -0.975. The number of hydrogen-bond acceptors (Lipinski definition) is 9. The van der Waals surface area contributed by atoms with Gasteiger partial charge in [-0.15, -0.1) is 11.3 Å². The van der Waals surface area contributed by atoms with Gasteiger partial charge in [-0.1, -0.05) is 17.7 Å². The summed E-state index contributed by atoms with van der Waals surface area (Å²) in [6.07, 6.45) is 1.68. The number of benzene rings is 1. The summed E-state index contributed by atoms with van der Waals surface area (Å²) >= 11 is 7.60. The lowest BCUT2D eigenvalue weighted by molar-refractivity contribution is -0.149. The molecule has 0 saturated carbocycles. The molecule has 1 saturated heterocycles. The molecule has 180 valence electrons. The van der Waals surface area contributed by atoms with Crippen molar-refractivity contribution < 1.29 is 24.2 Å². The number of carboxylic acid groups (broad SMARTS) is 1. The van der Waals surface area contributed by atoms with Gasteiger partial charge in [0.25, 0.3) is 0 Å². The van der Waals surface area contributed by atoms with Gasteiger partial charge in [-0.05, 0) is 37.1 Å². The Balaban J connectivity index is 1.83. The average Bonchev–Trinajstić information content (AvgIpc) is 3.34. The van der Waals surface area contributed by atoms with Crippen molar-refractivity contribution in [3.63, 3.8) is 0 Å². The van der Waals surface area contributed by atoms with Crippen molar-refractivity contribution in [2.24, 2.45) is 4.99 Å². The van der Waals surface area contributed by atoms with E-state index >= 15 is 0 Å². The molecule has 3 heterocycles. The van der Waals surface area contributed by atoms with Crippen LogP contribution in [0.1, 0.15) is 29.1 Å². The van der Waals surface area contributed by atoms with E-state index in [4.69, 9.17) is 26.1 Å². The van der Waals surface area contributed by atoms with Crippen LogP contribution >= 0.6 is 22.9 Å². The Bertz CT molecular complexity index is 1130. The number of ether oxygens (including phenoxy) is 2. The highest BCUT2D eigenvalue weighted by Crippen LogP contribution is 2.35. The number of carbonyl (C=O) groups is 2. The standard InChI is InChI=1S/C23H25ClN4O5S/c1-3-33-23(31)18-16(11-28-7-8-32-12-17(28)22(29)30)26-20(21-25-6-9-34-21)27-19(18)15-5-4-14(24)10-13(15)2/h4-6,9-10,17,19H,3,7-8,11-12H2,1-2H3,(H,26,27)(H,29,30)/t17-,19-/m0/s1. The van der Waals surface area contributed by atoms with Crippen LogP contribution in [-0.2, 0) is 19.1 Å². The third kappa shape index (κ3) is 5.15. The Morgan fingerprint density at radius 1 is 1.41 bits per heavy atom. The Morgan fingerprint density at radius 2 is 2.24 bits per heavy atom. The van der Waals surface area contributed by atoms with Gasteiger partial charge in [0.2, 0.25) is 0 Å². The number of aromatic nitrogens is 1. The zero-order valence-corrected chi connectivity index (χ0v) is 20.4. The SMILES string of the molecule is CCOC(=O)C1=C(CN2CCOC[C@H]2C(=O)O)NC(c2nccs2)=N[C@H]1c1ccc(Cl)cc1C. The van der Waals surface area contributed by atoms with Crippen LogP contribution in [0.3, 0.4) is 0 Å². The predicted molar refractivity (Wildman–Crippen MR) is 128 cm³/mol. The lowest BCUT2D eigenvalue weighted by Crippen LogP contribution is -2.52. The van der Waals surface area contributed by atoms with Crippen molar-refractivity contribution in [2.45, 2.75) is 25.9 Å². The fraction of sp³-hybridized carbons (Fsp3) is 0.391. The first-order valence-electron chi connectivity index (χ1n) is 10.8. The molecule has 1 fully saturated rings. The fourth-order valence-electron chi connectivity index (χ4n) is 4.05. The van der Waals surface area contributed by atoms with E-state index in [2.05, 4.69) is 10.3 Å². The third-order valence-electron chi connectivity index (χ3n) is 5.67. The first-order chi connectivity index (χ1) is 16.4. The van der Waals surface area contributed by atoms with Crippen LogP contribution in [-0.4, -0.2) is 71.7 Å². The Morgan fingerprint density at radius 3 is 2.91 bits per heavy atom. The van der Waals surface area contributed by atoms with Gasteiger partial charge >= 0.3 is 11.9 Å². The second kappa shape index (κ2) is 10.6. The molecule has 2 aliphatic heterocycles. The molecule has 4 rings (SSSR count). The van der Waals surface area contributed by atoms with Gasteiger partial charge in [-0.25, -0.2) is 9.78 Å². The van der Waals surface area contributed by atoms with Crippen LogP contribution in [0.25, 0.3) is 0 Å². The second-order valence-electron chi connectivity index (χ2n) is 7.86. The number of rotatable bonds is 7. The summed E-state index contributed by atoms with van der Waals surface area (Å²) in [6, 6.07) is 3.93. The van der Waals surface area contributed by atoms with Crippen LogP contribution in [0.4, 0.5) is 0 Å². The van der Waals surface area contributed by atoms with E-state index in [0.29, 0.717) is 40.3 Å². The molecule has 0 amide bonds. The van der Waals surface area contributed by atoms with Crippen molar-refractivity contribution in [3.05, 3.63) is 62.2 Å². The summed E-state index contributed by atoms with van der Waals surface area (Å²) in [5.41, 5.74) is 2.55. The molecular formula is C23H25ClN4O5S. The normalized spacial score (nSPS) is 21.1. The van der Waals surface area contributed by atoms with Gasteiger partial charge in [0.05, 0.1) is 25.4 Å². The number of aliphatic imine (C=N–C) groups is 1. The highest BCUT2D eigenvalue weighted by molar-refractivity contribution is 7.11. The molecule has 11 heteroatoms. The first-order valence-corrected chi connectivity index (χ1v) is 12.1. The van der Waals surface area contributed by atoms with Gasteiger partial charge in [0, 0.05) is 35.4 Å². The van der Waals surface area contributed by atoms with Gasteiger partial charge in [0.1, 0.15) is 12.1 Å². The van der Waals surface area contributed by atoms with Crippen molar-refractivity contribution in [1.29, 1.82) is 0 Å². The van der Waals surface area contributed by atoms with E-state index in [0.717, 1.165) is 11.1 Å². The minimum atomic E-state index is -0.979. The molecule has 0 bridgehead atoms. The molecule has 0 spiro atoms. The van der Waals surface area contributed by atoms with Crippen molar-refractivity contribution in [2.75, 3.05) is 32.9 Å². The Kier molecular flexibility index (Phi) is 7.62. The molecule has 0 unspecified atom stereocenters. The number of carboxylic acids is 1. The second-order valence-corrected chi connectivity index (χ2v) is 9.19. The highest BCUT2D eigenvalue weighted by atomic mass is 35.5. The van der Waals surface area contributed by atoms with Gasteiger partial charge < -0.3 is 19.9 Å². The zero-order valence-electron chi connectivity index (χ0n) is 18.8. The number of esters is 1. The van der Waals surface area contributed by atoms with Crippen LogP contribution in [0.5, 0.6) is 0 Å². The van der Waals surface area contributed by atoms with Crippen molar-refractivity contribution in [3.8, 4) is 0 Å². The van der Waals surface area contributed by atoms with Crippen LogP contribution in [0.15, 0.2) is 46.0 Å². The quantitative estimate of drug-likeness (QED) is 0.553. The molecule has 2 aromatic rings. The lowest BCUT2D eigenvalue weighted by atomic mass is 9.92. The van der Waals surface area contributed by atoms with Gasteiger partial charge in [-0.2, -0.15) is 0 Å². The zero-order chi connectivity index (χ0) is 24.2. The Hall–Kier alpha value is -2.79. The Labute approximate surface area is 206 Å². The van der Waals surface area contributed by atoms with Crippen LogP contribution < -0.4 is 5.32 Å². The molecule has 1 aromatic heterocycles. The predicted octanol–water partition coefficient (Wildman–Crippen LogP) is 2.80. The van der Waals surface area contributed by atoms with Gasteiger partial charge in [0.15, 0.2) is 10.8 Å². The number of nitrogens with one attached hydrogen (secondary N) is 1. The third-order valence-corrected chi connectivity index (χ3v) is 6.68. The number of hydrogen-bond donors (Lipinski definition) is 2. The molecule has 9 nitrogen and oxygen atoms in total. The number of morpholine rings is 1. The summed E-state index contributed by atoms with van der Waals surface area (Å²) in [6.45, 7) is 4.91. The van der Waals surface area contributed by atoms with E-state index in [1.165, 1.54) is 11.3 Å². The molecule has 2 atom stereocenters. The average molecular weight is 505 g/mol. The monoisotopic (exact) mass is 504 g/mol. The van der Waals surface area contributed by atoms with Crippen LogP contribution in [0.2, 0.25) is 5.02 Å². The van der Waals surface area contributed by atoms with Crippen molar-refractivity contribution in [1.82, 2.24) is 15.2 Å². The molecule has 0 radical (unpaired) electrons. The summed E-state index contributed by atoms with van der Waals surface area (Å²) < 4.78 is 10.8. The fourth-order valence-corrected chi connectivity index (χ4v) is 4.86. The smallest absolute Gasteiger partial charge is 0.338 e. The number of carbonyl (C=O) groups excluding carboxylic acids is 1. The maximum atomic E-state index is 13.2. The molecule has 34 heavy (non-hydrogen) atoms. The molecule has 1 aromatic carbocycles. The number of aliphatic carboxylic acids is 1. The molecule has 2 N–H and O–H groups in total.